The predicted octanol–water partition coefficient (Wildman–Crippen LogP) is 5.51. The first-order valence-corrected chi connectivity index (χ1v) is 8.94. The van der Waals surface area contributed by atoms with E-state index in [2.05, 4.69) is 63.6 Å². The normalized spacial score (nSPS) is 13.0. The van der Waals surface area contributed by atoms with E-state index in [1.807, 2.05) is 22.7 Å². The molecule has 21 heavy (non-hydrogen) atoms. The van der Waals surface area contributed by atoms with Gasteiger partial charge in [-0.25, -0.2) is 0 Å². The van der Waals surface area contributed by atoms with Crippen LogP contribution in [0.5, 0.6) is 0 Å². The lowest BCUT2D eigenvalue weighted by Crippen LogP contribution is -2.19. The summed E-state index contributed by atoms with van der Waals surface area (Å²) in [5.74, 6) is 0. The predicted molar refractivity (Wildman–Crippen MR) is 96.0 cm³/mol. The molecule has 2 aromatic heterocycles. The van der Waals surface area contributed by atoms with Crippen LogP contribution in [0.3, 0.4) is 0 Å². The molecule has 0 bridgehead atoms. The van der Waals surface area contributed by atoms with Crippen molar-refractivity contribution in [2.75, 3.05) is 7.05 Å². The van der Waals surface area contributed by atoms with Crippen LogP contribution >= 0.6 is 22.7 Å². The highest BCUT2D eigenvalue weighted by atomic mass is 32.1. The SMILES string of the molecule is CNC(c1cc2sccc2s1)c1c(C)c(C)cc(C)c1C. The highest BCUT2D eigenvalue weighted by Gasteiger charge is 2.21. The molecule has 1 nitrogen and oxygen atoms in total. The number of hydrogen-bond acceptors (Lipinski definition) is 3. The lowest BCUT2D eigenvalue weighted by Gasteiger charge is -2.23. The van der Waals surface area contributed by atoms with Crippen LogP contribution < -0.4 is 5.32 Å². The molecule has 1 unspecified atom stereocenters. The van der Waals surface area contributed by atoms with Gasteiger partial charge in [-0.15, -0.1) is 22.7 Å². The summed E-state index contributed by atoms with van der Waals surface area (Å²) in [6, 6.07) is 7.16. The summed E-state index contributed by atoms with van der Waals surface area (Å²) < 4.78 is 2.80. The number of fused-ring (bicyclic) bond motifs is 1. The molecule has 1 N–H and O–H groups in total. The van der Waals surface area contributed by atoms with Crippen LogP contribution in [0.1, 0.15) is 38.7 Å². The molecule has 0 spiro atoms. The van der Waals surface area contributed by atoms with Crippen molar-refractivity contribution in [3.63, 3.8) is 0 Å². The van der Waals surface area contributed by atoms with Crippen LogP contribution in [0.4, 0.5) is 0 Å². The highest BCUT2D eigenvalue weighted by molar-refractivity contribution is 7.27. The maximum Gasteiger partial charge on any atom is 0.0674 e. The molecule has 3 heteroatoms. The van der Waals surface area contributed by atoms with Crippen molar-refractivity contribution in [1.29, 1.82) is 0 Å². The molecule has 0 radical (unpaired) electrons. The molecule has 110 valence electrons. The van der Waals surface area contributed by atoms with Crippen molar-refractivity contribution in [1.82, 2.24) is 5.32 Å². The number of thiophene rings is 2. The topological polar surface area (TPSA) is 12.0 Å². The maximum atomic E-state index is 3.54. The number of nitrogens with one attached hydrogen (secondary N) is 1. The number of hydrogen-bond donors (Lipinski definition) is 1. The van der Waals surface area contributed by atoms with E-state index in [1.165, 1.54) is 42.1 Å². The Morgan fingerprint density at radius 3 is 2.19 bits per heavy atom. The van der Waals surface area contributed by atoms with Crippen LogP contribution in [0.2, 0.25) is 0 Å². The Hall–Kier alpha value is -1.16. The van der Waals surface area contributed by atoms with Crippen LogP contribution in [-0.2, 0) is 0 Å². The van der Waals surface area contributed by atoms with Gasteiger partial charge in [0.25, 0.3) is 0 Å². The Kier molecular flexibility index (Phi) is 3.91. The number of aryl methyl sites for hydroxylation is 2. The number of benzene rings is 1. The van der Waals surface area contributed by atoms with Gasteiger partial charge in [-0.1, -0.05) is 6.07 Å². The molecule has 0 saturated carbocycles. The maximum absolute atomic E-state index is 3.54. The molecule has 1 aromatic carbocycles. The van der Waals surface area contributed by atoms with E-state index >= 15 is 0 Å². The van der Waals surface area contributed by atoms with E-state index in [9.17, 15) is 0 Å². The van der Waals surface area contributed by atoms with Gasteiger partial charge >= 0.3 is 0 Å². The van der Waals surface area contributed by atoms with Gasteiger partial charge < -0.3 is 5.32 Å². The van der Waals surface area contributed by atoms with E-state index < -0.39 is 0 Å². The van der Waals surface area contributed by atoms with Gasteiger partial charge in [0.05, 0.1) is 6.04 Å². The minimum absolute atomic E-state index is 0.285. The van der Waals surface area contributed by atoms with Crippen molar-refractivity contribution in [2.24, 2.45) is 0 Å². The largest absolute Gasteiger partial charge is 0.309 e. The van der Waals surface area contributed by atoms with Gasteiger partial charge in [0.15, 0.2) is 0 Å². The van der Waals surface area contributed by atoms with Crippen LogP contribution in [0.25, 0.3) is 9.40 Å². The molecule has 0 fully saturated rings. The lowest BCUT2D eigenvalue weighted by molar-refractivity contribution is 0.693. The molecule has 3 rings (SSSR count). The van der Waals surface area contributed by atoms with Gasteiger partial charge in [0.2, 0.25) is 0 Å². The third-order valence-corrected chi connectivity index (χ3v) is 6.60. The fourth-order valence-electron chi connectivity index (χ4n) is 3.04. The number of rotatable bonds is 3. The van der Waals surface area contributed by atoms with Gasteiger partial charge in [-0.3, -0.25) is 0 Å². The first-order valence-electron chi connectivity index (χ1n) is 7.24. The molecular formula is C18H21NS2. The molecular weight excluding hydrogens is 294 g/mol. The van der Waals surface area contributed by atoms with Crippen LogP contribution in [0.15, 0.2) is 23.6 Å². The van der Waals surface area contributed by atoms with Gasteiger partial charge in [-0.2, -0.15) is 0 Å². The summed E-state index contributed by atoms with van der Waals surface area (Å²) in [4.78, 5) is 1.41. The average molecular weight is 316 g/mol. The van der Waals surface area contributed by atoms with Gasteiger partial charge in [-0.05, 0) is 80.1 Å². The molecule has 0 aliphatic heterocycles. The Bertz CT molecular complexity index is 740. The van der Waals surface area contributed by atoms with Crippen molar-refractivity contribution in [3.8, 4) is 0 Å². The van der Waals surface area contributed by atoms with E-state index in [4.69, 9.17) is 0 Å². The lowest BCUT2D eigenvalue weighted by atomic mass is 9.89. The second-order valence-electron chi connectivity index (χ2n) is 5.69. The zero-order valence-corrected chi connectivity index (χ0v) is 14.8. The summed E-state index contributed by atoms with van der Waals surface area (Å²) >= 11 is 3.74. The van der Waals surface area contributed by atoms with Crippen LogP contribution in [0, 0.1) is 27.7 Å². The average Bonchev–Trinajstić information content (AvgIpc) is 3.02. The van der Waals surface area contributed by atoms with E-state index in [1.54, 1.807) is 0 Å². The zero-order valence-electron chi connectivity index (χ0n) is 13.2. The van der Waals surface area contributed by atoms with E-state index in [0.717, 1.165) is 0 Å². The Labute approximate surface area is 134 Å². The van der Waals surface area contributed by atoms with E-state index in [0.29, 0.717) is 0 Å². The third-order valence-electron chi connectivity index (χ3n) is 4.44. The molecule has 0 aliphatic carbocycles. The molecule has 1 atom stereocenters. The molecule has 0 saturated heterocycles. The smallest absolute Gasteiger partial charge is 0.0674 e. The van der Waals surface area contributed by atoms with Crippen molar-refractivity contribution in [3.05, 3.63) is 56.3 Å². The minimum Gasteiger partial charge on any atom is -0.309 e. The third kappa shape index (κ3) is 2.44. The second kappa shape index (κ2) is 5.56. The summed E-state index contributed by atoms with van der Waals surface area (Å²) in [6.45, 7) is 8.92. The van der Waals surface area contributed by atoms with Crippen LogP contribution in [-0.4, -0.2) is 7.05 Å². The standard InChI is InChI=1S/C18H21NS2/c1-10-8-11(2)13(4)17(12(10)3)18(19-5)16-9-15-14(21-16)6-7-20-15/h6-9,18-19H,1-5H3. The monoisotopic (exact) mass is 315 g/mol. The van der Waals surface area contributed by atoms with Gasteiger partial charge in [0.1, 0.15) is 0 Å². The summed E-state index contributed by atoms with van der Waals surface area (Å²) in [5, 5.41) is 5.71. The quantitative estimate of drug-likeness (QED) is 0.672. The molecule has 3 aromatic rings. The Morgan fingerprint density at radius 2 is 1.62 bits per heavy atom. The summed E-state index contributed by atoms with van der Waals surface area (Å²) in [7, 11) is 2.06. The molecule has 0 aliphatic rings. The minimum atomic E-state index is 0.285. The Morgan fingerprint density at radius 1 is 0.952 bits per heavy atom. The Balaban J connectivity index is 2.18. The summed E-state index contributed by atoms with van der Waals surface area (Å²) in [5.41, 5.74) is 7.03. The van der Waals surface area contributed by atoms with Crippen molar-refractivity contribution >= 4 is 32.1 Å². The highest BCUT2D eigenvalue weighted by Crippen LogP contribution is 2.38. The van der Waals surface area contributed by atoms with E-state index in [-0.39, 0.29) is 6.04 Å². The zero-order chi connectivity index (χ0) is 15.1. The first-order chi connectivity index (χ1) is 10.0. The fourth-order valence-corrected chi connectivity index (χ4v) is 5.28. The fraction of sp³-hybridized carbons (Fsp3) is 0.333. The molecule has 2 heterocycles. The second-order valence-corrected chi connectivity index (χ2v) is 7.76. The first kappa shape index (κ1) is 14.8. The summed E-state index contributed by atoms with van der Waals surface area (Å²) in [6.07, 6.45) is 0. The molecule has 0 amide bonds. The van der Waals surface area contributed by atoms with Gasteiger partial charge in [0, 0.05) is 14.3 Å². The van der Waals surface area contributed by atoms with Crippen molar-refractivity contribution < 1.29 is 0 Å². The van der Waals surface area contributed by atoms with Crippen molar-refractivity contribution in [2.45, 2.75) is 33.7 Å².